The highest BCUT2D eigenvalue weighted by Crippen LogP contribution is 2.20. The van der Waals surface area contributed by atoms with Crippen molar-refractivity contribution < 1.29 is 9.59 Å². The number of nitrogens with zero attached hydrogens (tertiary/aromatic N) is 1. The lowest BCUT2D eigenvalue weighted by Crippen LogP contribution is -2.18. The lowest BCUT2D eigenvalue weighted by Gasteiger charge is -2.12. The molecule has 124 valence electrons. The average Bonchev–Trinajstić information content (AvgIpc) is 2.63. The number of hydrogen-bond acceptors (Lipinski definition) is 3. The topological polar surface area (TPSA) is 71.1 Å². The minimum absolute atomic E-state index is 0.332. The molecule has 0 aliphatic heterocycles. The van der Waals surface area contributed by atoms with Crippen LogP contribution in [0.1, 0.15) is 20.7 Å². The molecule has 6 heteroatoms. The molecule has 3 aromatic rings. The first-order chi connectivity index (χ1) is 12.1. The summed E-state index contributed by atoms with van der Waals surface area (Å²) in [5.74, 6) is -0.712. The van der Waals surface area contributed by atoms with Gasteiger partial charge < -0.3 is 10.6 Å². The van der Waals surface area contributed by atoms with E-state index in [1.54, 1.807) is 73.1 Å². The van der Waals surface area contributed by atoms with Crippen LogP contribution < -0.4 is 10.6 Å². The van der Waals surface area contributed by atoms with Crippen LogP contribution in [0.3, 0.4) is 0 Å². The van der Waals surface area contributed by atoms with E-state index in [1.165, 1.54) is 0 Å². The number of carbonyl (C=O) groups excluding carboxylic acids is 2. The smallest absolute Gasteiger partial charge is 0.257 e. The number of nitrogens with one attached hydrogen (secondary N) is 2. The molecule has 0 fully saturated rings. The Kier molecular flexibility index (Phi) is 5.06. The summed E-state index contributed by atoms with van der Waals surface area (Å²) in [5, 5.41) is 5.85. The zero-order chi connectivity index (χ0) is 17.6. The fraction of sp³-hybridized carbons (Fsp3) is 0. The Bertz CT molecular complexity index is 913. The maximum atomic E-state index is 12.5. The van der Waals surface area contributed by atoms with Crippen molar-refractivity contribution in [2.45, 2.75) is 0 Å². The highest BCUT2D eigenvalue weighted by atomic mass is 35.5. The highest BCUT2D eigenvalue weighted by molar-refractivity contribution is 6.34. The molecule has 0 saturated carbocycles. The van der Waals surface area contributed by atoms with Crippen LogP contribution in [0, 0.1) is 0 Å². The van der Waals surface area contributed by atoms with Gasteiger partial charge in [0.05, 0.1) is 21.8 Å². The normalized spacial score (nSPS) is 10.1. The fourth-order valence-electron chi connectivity index (χ4n) is 2.26. The van der Waals surface area contributed by atoms with Gasteiger partial charge in [0, 0.05) is 18.1 Å². The van der Waals surface area contributed by atoms with E-state index in [4.69, 9.17) is 11.6 Å². The van der Waals surface area contributed by atoms with Gasteiger partial charge in [-0.2, -0.15) is 0 Å². The van der Waals surface area contributed by atoms with Crippen LogP contribution in [0.4, 0.5) is 11.4 Å². The van der Waals surface area contributed by atoms with E-state index in [1.807, 2.05) is 0 Å². The number of amides is 2. The van der Waals surface area contributed by atoms with Crippen LogP contribution in [0.15, 0.2) is 73.1 Å². The number of hydrogen-bond donors (Lipinski definition) is 2. The predicted octanol–water partition coefficient (Wildman–Crippen LogP) is 4.24. The second-order valence-corrected chi connectivity index (χ2v) is 5.58. The van der Waals surface area contributed by atoms with Gasteiger partial charge in [0.25, 0.3) is 11.8 Å². The van der Waals surface area contributed by atoms with Crippen molar-refractivity contribution in [2.24, 2.45) is 0 Å². The SMILES string of the molecule is O=C(Nc1ccccc1C(=O)Nc1ccncc1)c1ccccc1Cl. The Balaban J connectivity index is 1.82. The molecule has 2 N–H and O–H groups in total. The minimum Gasteiger partial charge on any atom is -0.322 e. The maximum absolute atomic E-state index is 12.5. The number of carbonyl (C=O) groups is 2. The Labute approximate surface area is 149 Å². The Morgan fingerprint density at radius 2 is 1.36 bits per heavy atom. The van der Waals surface area contributed by atoms with E-state index in [0.29, 0.717) is 27.5 Å². The third-order valence-electron chi connectivity index (χ3n) is 3.48. The monoisotopic (exact) mass is 351 g/mol. The summed E-state index contributed by atoms with van der Waals surface area (Å²) in [6, 6.07) is 16.9. The predicted molar refractivity (Wildman–Crippen MR) is 98.0 cm³/mol. The van der Waals surface area contributed by atoms with Gasteiger partial charge in [-0.3, -0.25) is 14.6 Å². The lowest BCUT2D eigenvalue weighted by molar-refractivity contribution is 0.102. The van der Waals surface area contributed by atoms with E-state index >= 15 is 0 Å². The zero-order valence-corrected chi connectivity index (χ0v) is 13.8. The van der Waals surface area contributed by atoms with Crippen LogP contribution in [0.5, 0.6) is 0 Å². The van der Waals surface area contributed by atoms with Crippen molar-refractivity contribution >= 4 is 34.8 Å². The first-order valence-electron chi connectivity index (χ1n) is 7.51. The number of halogens is 1. The summed E-state index contributed by atoms with van der Waals surface area (Å²) in [5.41, 5.74) is 1.71. The quantitative estimate of drug-likeness (QED) is 0.738. The Hall–Kier alpha value is -3.18. The summed E-state index contributed by atoms with van der Waals surface area (Å²) < 4.78 is 0. The molecule has 1 heterocycles. The second-order valence-electron chi connectivity index (χ2n) is 5.17. The third-order valence-corrected chi connectivity index (χ3v) is 3.81. The van der Waals surface area contributed by atoms with Crippen molar-refractivity contribution in [3.05, 3.63) is 89.2 Å². The van der Waals surface area contributed by atoms with Crippen LogP contribution in [0.2, 0.25) is 5.02 Å². The van der Waals surface area contributed by atoms with Crippen molar-refractivity contribution in [3.8, 4) is 0 Å². The van der Waals surface area contributed by atoms with Gasteiger partial charge in [-0.25, -0.2) is 0 Å². The number of anilines is 2. The van der Waals surface area contributed by atoms with Crippen molar-refractivity contribution in [1.82, 2.24) is 4.98 Å². The van der Waals surface area contributed by atoms with Crippen molar-refractivity contribution in [3.63, 3.8) is 0 Å². The van der Waals surface area contributed by atoms with Crippen molar-refractivity contribution in [2.75, 3.05) is 10.6 Å². The summed E-state index contributed by atoms with van der Waals surface area (Å²) in [6.07, 6.45) is 3.17. The number of pyridine rings is 1. The van der Waals surface area contributed by atoms with Crippen LogP contribution >= 0.6 is 11.6 Å². The molecular formula is C19H14ClN3O2. The summed E-state index contributed by atoms with van der Waals surface area (Å²) in [6.45, 7) is 0. The van der Waals surface area contributed by atoms with Crippen molar-refractivity contribution in [1.29, 1.82) is 0 Å². The number of para-hydroxylation sites is 1. The second kappa shape index (κ2) is 7.59. The van der Waals surface area contributed by atoms with E-state index in [9.17, 15) is 9.59 Å². The summed E-state index contributed by atoms with van der Waals surface area (Å²) >= 11 is 6.05. The van der Waals surface area contributed by atoms with E-state index in [2.05, 4.69) is 15.6 Å². The summed E-state index contributed by atoms with van der Waals surface area (Å²) in [7, 11) is 0. The molecule has 0 aliphatic carbocycles. The maximum Gasteiger partial charge on any atom is 0.257 e. The van der Waals surface area contributed by atoms with Gasteiger partial charge in [-0.05, 0) is 36.4 Å². The lowest BCUT2D eigenvalue weighted by atomic mass is 10.1. The van der Waals surface area contributed by atoms with E-state index in [-0.39, 0.29) is 11.8 Å². The molecule has 2 aromatic carbocycles. The Morgan fingerprint density at radius 1 is 0.760 bits per heavy atom. The molecule has 0 unspecified atom stereocenters. The molecule has 25 heavy (non-hydrogen) atoms. The first kappa shape index (κ1) is 16.7. The van der Waals surface area contributed by atoms with E-state index < -0.39 is 0 Å². The Morgan fingerprint density at radius 3 is 2.08 bits per heavy atom. The zero-order valence-electron chi connectivity index (χ0n) is 13.1. The number of rotatable bonds is 4. The van der Waals surface area contributed by atoms with Gasteiger partial charge in [-0.1, -0.05) is 35.9 Å². The van der Waals surface area contributed by atoms with Gasteiger partial charge in [0.15, 0.2) is 0 Å². The molecule has 3 rings (SSSR count). The van der Waals surface area contributed by atoms with Crippen LogP contribution in [-0.2, 0) is 0 Å². The van der Waals surface area contributed by atoms with Crippen LogP contribution in [-0.4, -0.2) is 16.8 Å². The third kappa shape index (κ3) is 4.02. The minimum atomic E-state index is -0.380. The van der Waals surface area contributed by atoms with Gasteiger partial charge in [0.2, 0.25) is 0 Å². The molecular weight excluding hydrogens is 338 g/mol. The molecule has 5 nitrogen and oxygen atoms in total. The molecule has 0 spiro atoms. The highest BCUT2D eigenvalue weighted by Gasteiger charge is 2.15. The molecule has 0 aliphatic rings. The van der Waals surface area contributed by atoms with Gasteiger partial charge in [0.1, 0.15) is 0 Å². The molecule has 0 bridgehead atoms. The largest absolute Gasteiger partial charge is 0.322 e. The molecule has 2 amide bonds. The molecule has 0 saturated heterocycles. The number of benzene rings is 2. The molecule has 1 aromatic heterocycles. The molecule has 0 atom stereocenters. The first-order valence-corrected chi connectivity index (χ1v) is 7.89. The fourth-order valence-corrected chi connectivity index (χ4v) is 2.48. The molecule has 0 radical (unpaired) electrons. The van der Waals surface area contributed by atoms with Gasteiger partial charge >= 0.3 is 0 Å². The van der Waals surface area contributed by atoms with E-state index in [0.717, 1.165) is 0 Å². The van der Waals surface area contributed by atoms with Crippen LogP contribution in [0.25, 0.3) is 0 Å². The average molecular weight is 352 g/mol. The summed E-state index contributed by atoms with van der Waals surface area (Å²) in [4.78, 5) is 28.8. The number of aromatic nitrogens is 1. The van der Waals surface area contributed by atoms with Gasteiger partial charge in [-0.15, -0.1) is 0 Å². The standard InChI is InChI=1S/C19H14ClN3O2/c20-16-7-3-1-5-14(16)18(24)23-17-8-4-2-6-15(17)19(25)22-13-9-11-21-12-10-13/h1-12H,(H,23,24)(H,21,22,25).